The molecule has 2 saturated heterocycles. The van der Waals surface area contributed by atoms with Crippen LogP contribution >= 0.6 is 11.8 Å². The number of unbranched alkanes of at least 4 members (excludes halogenated alkanes) is 3. The Morgan fingerprint density at radius 3 is 3.00 bits per heavy atom. The topological polar surface area (TPSA) is 32.3 Å². The molecule has 0 saturated carbocycles. The van der Waals surface area contributed by atoms with Gasteiger partial charge in [0, 0.05) is 18.1 Å². The quantitative estimate of drug-likeness (QED) is 0.593. The zero-order valence-electron chi connectivity index (χ0n) is 10.2. The number of hydrogen-bond donors (Lipinski definition) is 1. The van der Waals surface area contributed by atoms with Gasteiger partial charge in [0.25, 0.3) is 0 Å². The summed E-state index contributed by atoms with van der Waals surface area (Å²) in [6.45, 7) is 2.24. The molecule has 2 fully saturated rings. The lowest BCUT2D eigenvalue weighted by Gasteiger charge is -2.23. The summed E-state index contributed by atoms with van der Waals surface area (Å²) in [4.78, 5) is 13.4. The minimum absolute atomic E-state index is 0.119. The highest BCUT2D eigenvalue weighted by molar-refractivity contribution is 8.00. The van der Waals surface area contributed by atoms with Crippen molar-refractivity contribution in [2.24, 2.45) is 0 Å². The molecule has 1 N–H and O–H groups in total. The average molecular weight is 242 g/mol. The van der Waals surface area contributed by atoms with Crippen LogP contribution in [-0.4, -0.2) is 41.1 Å². The highest BCUT2D eigenvalue weighted by atomic mass is 32.2. The number of urea groups is 1. The molecule has 92 valence electrons. The third kappa shape index (κ3) is 2.31. The second-order valence-corrected chi connectivity index (χ2v) is 6.15. The number of rotatable bonds is 5. The maximum absolute atomic E-state index is 11.5. The number of nitrogens with zero attached hydrogens (tertiary/aromatic N) is 1. The fourth-order valence-electron chi connectivity index (χ4n) is 2.75. The molecule has 3 nitrogen and oxygen atoms in total. The Morgan fingerprint density at radius 2 is 2.25 bits per heavy atom. The summed E-state index contributed by atoms with van der Waals surface area (Å²) in [5, 5.41) is 3.72. The Hall–Kier alpha value is -0.380. The first-order valence-electron chi connectivity index (χ1n) is 6.39. The molecular formula is C12H22N2OS. The van der Waals surface area contributed by atoms with Gasteiger partial charge in [-0.15, -0.1) is 0 Å². The average Bonchev–Trinajstić information content (AvgIpc) is 2.77. The molecule has 0 unspecified atom stereocenters. The third-order valence-corrected chi connectivity index (χ3v) is 5.20. The zero-order chi connectivity index (χ0) is 11.5. The van der Waals surface area contributed by atoms with Crippen LogP contribution in [0, 0.1) is 0 Å². The van der Waals surface area contributed by atoms with E-state index in [1.165, 1.54) is 32.1 Å². The first-order valence-corrected chi connectivity index (χ1v) is 7.44. The predicted octanol–water partition coefficient (Wildman–Crippen LogP) is 2.46. The molecule has 0 aromatic heterocycles. The molecular weight excluding hydrogens is 220 g/mol. The highest BCUT2D eigenvalue weighted by Crippen LogP contribution is 2.36. The molecule has 2 rings (SSSR count). The first-order chi connectivity index (χ1) is 7.74. The Labute approximate surface area is 102 Å². The SMILES string of the molecule is CCCCCC[C@@H]1SC[C@@H]2NC(=O)N(C)[C@@H]21. The van der Waals surface area contributed by atoms with Crippen LogP contribution < -0.4 is 5.32 Å². The van der Waals surface area contributed by atoms with Crippen molar-refractivity contribution in [3.8, 4) is 0 Å². The second-order valence-electron chi connectivity index (χ2n) is 4.88. The monoisotopic (exact) mass is 242 g/mol. The lowest BCUT2D eigenvalue weighted by molar-refractivity contribution is 0.214. The van der Waals surface area contributed by atoms with Crippen LogP contribution in [0.15, 0.2) is 0 Å². The van der Waals surface area contributed by atoms with Gasteiger partial charge in [-0.3, -0.25) is 0 Å². The summed E-state index contributed by atoms with van der Waals surface area (Å²) in [7, 11) is 1.94. The fourth-order valence-corrected chi connectivity index (χ4v) is 4.39. The van der Waals surface area contributed by atoms with Gasteiger partial charge in [0.15, 0.2) is 0 Å². The number of nitrogens with one attached hydrogen (secondary N) is 1. The first kappa shape index (κ1) is 12.1. The maximum Gasteiger partial charge on any atom is 0.317 e. The minimum atomic E-state index is 0.119. The molecule has 0 aromatic rings. The smallest absolute Gasteiger partial charge is 0.317 e. The maximum atomic E-state index is 11.5. The zero-order valence-corrected chi connectivity index (χ0v) is 11.1. The Balaban J connectivity index is 1.80. The van der Waals surface area contributed by atoms with Crippen molar-refractivity contribution in [3.05, 3.63) is 0 Å². The van der Waals surface area contributed by atoms with E-state index in [1.54, 1.807) is 0 Å². The molecule has 0 bridgehead atoms. The van der Waals surface area contributed by atoms with E-state index in [9.17, 15) is 4.79 Å². The van der Waals surface area contributed by atoms with Crippen LogP contribution in [0.1, 0.15) is 39.0 Å². The van der Waals surface area contributed by atoms with Crippen molar-refractivity contribution in [1.29, 1.82) is 0 Å². The molecule has 0 aliphatic carbocycles. The number of carbonyl (C=O) groups is 1. The number of thioether (sulfide) groups is 1. The standard InChI is InChI=1S/C12H22N2OS/c1-3-4-5-6-7-10-11-9(8-16-10)13-12(15)14(11)2/h9-11H,3-8H2,1-2H3,(H,13,15)/t9-,10-,11-/m0/s1. The van der Waals surface area contributed by atoms with Crippen molar-refractivity contribution in [2.75, 3.05) is 12.8 Å². The number of hydrogen-bond acceptors (Lipinski definition) is 2. The lowest BCUT2D eigenvalue weighted by Crippen LogP contribution is -2.38. The molecule has 0 radical (unpaired) electrons. The third-order valence-electron chi connectivity index (χ3n) is 3.70. The van der Waals surface area contributed by atoms with E-state index in [-0.39, 0.29) is 6.03 Å². The molecule has 2 amide bonds. The van der Waals surface area contributed by atoms with Gasteiger partial charge in [-0.25, -0.2) is 4.79 Å². The fraction of sp³-hybridized carbons (Fsp3) is 0.917. The minimum Gasteiger partial charge on any atom is -0.332 e. The summed E-state index contributed by atoms with van der Waals surface area (Å²) in [5.41, 5.74) is 0. The van der Waals surface area contributed by atoms with E-state index in [1.807, 2.05) is 23.7 Å². The van der Waals surface area contributed by atoms with E-state index in [0.717, 1.165) is 5.75 Å². The van der Waals surface area contributed by atoms with Gasteiger partial charge in [0.05, 0.1) is 12.1 Å². The largest absolute Gasteiger partial charge is 0.332 e. The number of fused-ring (bicyclic) bond motifs is 1. The molecule has 0 spiro atoms. The summed E-state index contributed by atoms with van der Waals surface area (Å²) in [6, 6.07) is 0.964. The van der Waals surface area contributed by atoms with E-state index in [0.29, 0.717) is 17.3 Å². The lowest BCUT2D eigenvalue weighted by atomic mass is 10.0. The van der Waals surface area contributed by atoms with Gasteiger partial charge in [0.2, 0.25) is 0 Å². The number of carbonyl (C=O) groups excluding carboxylic acids is 1. The summed E-state index contributed by atoms with van der Waals surface area (Å²) < 4.78 is 0. The van der Waals surface area contributed by atoms with Gasteiger partial charge < -0.3 is 10.2 Å². The number of amides is 2. The Bertz CT molecular complexity index is 259. The molecule has 0 aromatic carbocycles. The molecule has 16 heavy (non-hydrogen) atoms. The predicted molar refractivity (Wildman–Crippen MR) is 68.9 cm³/mol. The Morgan fingerprint density at radius 1 is 1.44 bits per heavy atom. The van der Waals surface area contributed by atoms with Gasteiger partial charge >= 0.3 is 6.03 Å². The normalized spacial score (nSPS) is 33.0. The molecule has 4 heteroatoms. The van der Waals surface area contributed by atoms with Crippen LogP contribution in [0.5, 0.6) is 0 Å². The molecule has 2 heterocycles. The van der Waals surface area contributed by atoms with E-state index in [2.05, 4.69) is 12.2 Å². The van der Waals surface area contributed by atoms with E-state index in [4.69, 9.17) is 0 Å². The van der Waals surface area contributed by atoms with Gasteiger partial charge in [-0.1, -0.05) is 32.6 Å². The molecule has 2 aliphatic heterocycles. The summed E-state index contributed by atoms with van der Waals surface area (Å²) >= 11 is 2.04. The van der Waals surface area contributed by atoms with Crippen LogP contribution in [0.3, 0.4) is 0 Å². The van der Waals surface area contributed by atoms with Crippen molar-refractivity contribution in [3.63, 3.8) is 0 Å². The van der Waals surface area contributed by atoms with Crippen molar-refractivity contribution in [2.45, 2.75) is 56.4 Å². The van der Waals surface area contributed by atoms with Crippen LogP contribution in [0.2, 0.25) is 0 Å². The van der Waals surface area contributed by atoms with Crippen molar-refractivity contribution in [1.82, 2.24) is 10.2 Å². The van der Waals surface area contributed by atoms with Gasteiger partial charge in [-0.2, -0.15) is 11.8 Å². The van der Waals surface area contributed by atoms with Gasteiger partial charge in [0.1, 0.15) is 0 Å². The van der Waals surface area contributed by atoms with E-state index >= 15 is 0 Å². The van der Waals surface area contributed by atoms with Crippen LogP contribution in [0.25, 0.3) is 0 Å². The number of likely N-dealkylation sites (N-methyl/N-ethyl adjacent to an activating group) is 1. The summed E-state index contributed by atoms with van der Waals surface area (Å²) in [5.74, 6) is 1.10. The molecule has 3 atom stereocenters. The van der Waals surface area contributed by atoms with Gasteiger partial charge in [-0.05, 0) is 6.42 Å². The highest BCUT2D eigenvalue weighted by Gasteiger charge is 2.46. The van der Waals surface area contributed by atoms with Crippen LogP contribution in [-0.2, 0) is 0 Å². The van der Waals surface area contributed by atoms with Crippen molar-refractivity contribution < 1.29 is 4.79 Å². The summed E-state index contributed by atoms with van der Waals surface area (Å²) in [6.07, 6.45) is 6.57. The van der Waals surface area contributed by atoms with E-state index < -0.39 is 0 Å². The second kappa shape index (κ2) is 5.30. The van der Waals surface area contributed by atoms with Crippen molar-refractivity contribution >= 4 is 17.8 Å². The van der Waals surface area contributed by atoms with Crippen LogP contribution in [0.4, 0.5) is 4.79 Å². The molecule has 2 aliphatic rings. The Kier molecular flexibility index (Phi) is 4.00.